The first-order valence-electron chi connectivity index (χ1n) is 10.2. The number of amides is 1. The molecule has 0 saturated carbocycles. The number of para-hydroxylation sites is 3. The van der Waals surface area contributed by atoms with E-state index in [1.807, 2.05) is 72.8 Å². The average Bonchev–Trinajstić information content (AvgIpc) is 3.48. The minimum atomic E-state index is -0.303. The lowest BCUT2D eigenvalue weighted by molar-refractivity contribution is 0.0935. The van der Waals surface area contributed by atoms with Gasteiger partial charge in [-0.1, -0.05) is 60.7 Å². The van der Waals surface area contributed by atoms with E-state index in [0.29, 0.717) is 12.0 Å². The molecule has 6 heteroatoms. The molecule has 2 heterocycles. The van der Waals surface area contributed by atoms with E-state index >= 15 is 0 Å². The predicted molar refractivity (Wildman–Crippen MR) is 120 cm³/mol. The van der Waals surface area contributed by atoms with Crippen LogP contribution in [-0.2, 0) is 6.42 Å². The lowest BCUT2D eigenvalue weighted by Crippen LogP contribution is -2.30. The molecule has 0 aliphatic carbocycles. The zero-order valence-corrected chi connectivity index (χ0v) is 16.8. The molecule has 0 aliphatic rings. The van der Waals surface area contributed by atoms with E-state index in [1.54, 1.807) is 17.1 Å². The number of rotatable bonds is 6. The molecule has 0 radical (unpaired) electrons. The summed E-state index contributed by atoms with van der Waals surface area (Å²) in [6, 6.07) is 27.4. The van der Waals surface area contributed by atoms with Gasteiger partial charge in [0.15, 0.2) is 0 Å². The molecule has 1 atom stereocenters. The number of hydrogen-bond acceptors (Lipinski definition) is 3. The molecule has 152 valence electrons. The Bertz CT molecular complexity index is 1270. The Morgan fingerprint density at radius 1 is 0.935 bits per heavy atom. The van der Waals surface area contributed by atoms with Crippen LogP contribution in [0.5, 0.6) is 0 Å². The fraction of sp³-hybridized carbons (Fsp3) is 0.0800. The summed E-state index contributed by atoms with van der Waals surface area (Å²) in [6.45, 7) is 0. The first-order chi connectivity index (χ1) is 15.3. The first kappa shape index (κ1) is 18.8. The number of fused-ring (bicyclic) bond motifs is 1. The van der Waals surface area contributed by atoms with Gasteiger partial charge in [0, 0.05) is 6.20 Å². The maximum atomic E-state index is 13.1. The smallest absolute Gasteiger partial charge is 0.255 e. The average molecular weight is 407 g/mol. The second-order valence-electron chi connectivity index (χ2n) is 7.36. The second-order valence-corrected chi connectivity index (χ2v) is 7.36. The molecule has 0 spiro atoms. The summed E-state index contributed by atoms with van der Waals surface area (Å²) in [5.74, 6) is 0.539. The van der Waals surface area contributed by atoms with Crippen LogP contribution in [0, 0.1) is 0 Å². The number of carbonyl (C=O) groups is 1. The van der Waals surface area contributed by atoms with Gasteiger partial charge in [-0.3, -0.25) is 4.79 Å². The lowest BCUT2D eigenvalue weighted by atomic mass is 10.1. The quantitative estimate of drug-likeness (QED) is 0.436. The summed E-state index contributed by atoms with van der Waals surface area (Å²) >= 11 is 0. The van der Waals surface area contributed by atoms with E-state index in [9.17, 15) is 4.79 Å². The third-order valence-corrected chi connectivity index (χ3v) is 5.19. The Morgan fingerprint density at radius 3 is 2.42 bits per heavy atom. The fourth-order valence-corrected chi connectivity index (χ4v) is 3.61. The van der Waals surface area contributed by atoms with Gasteiger partial charge in [0.2, 0.25) is 0 Å². The molecule has 0 saturated heterocycles. The monoisotopic (exact) mass is 407 g/mol. The topological polar surface area (TPSA) is 75.6 Å². The fourth-order valence-electron chi connectivity index (χ4n) is 3.61. The molecule has 2 N–H and O–H groups in total. The van der Waals surface area contributed by atoms with Crippen LogP contribution in [0.3, 0.4) is 0 Å². The standard InChI is InChI=1S/C25H21N5O/c31-25(19-16-26-30(17-19)20-11-5-2-6-12-20)29-23(15-18-9-3-1-4-10-18)24-27-21-13-7-8-14-22(21)28-24/h1-14,16-17,23H,15H2,(H,27,28)(H,29,31). The van der Waals surface area contributed by atoms with Gasteiger partial charge in [0.05, 0.1) is 34.5 Å². The second kappa shape index (κ2) is 8.28. The van der Waals surface area contributed by atoms with E-state index in [-0.39, 0.29) is 11.9 Å². The van der Waals surface area contributed by atoms with Crippen molar-refractivity contribution in [3.63, 3.8) is 0 Å². The van der Waals surface area contributed by atoms with Crippen molar-refractivity contribution in [3.05, 3.63) is 114 Å². The highest BCUT2D eigenvalue weighted by Gasteiger charge is 2.21. The van der Waals surface area contributed by atoms with E-state index in [0.717, 1.165) is 28.1 Å². The maximum Gasteiger partial charge on any atom is 0.255 e. The van der Waals surface area contributed by atoms with Gasteiger partial charge in [-0.05, 0) is 36.2 Å². The molecule has 5 rings (SSSR count). The highest BCUT2D eigenvalue weighted by molar-refractivity contribution is 5.94. The van der Waals surface area contributed by atoms with Crippen molar-refractivity contribution in [2.24, 2.45) is 0 Å². The largest absolute Gasteiger partial charge is 0.342 e. The summed E-state index contributed by atoms with van der Waals surface area (Å²) in [7, 11) is 0. The maximum absolute atomic E-state index is 13.1. The Kier molecular flexibility index (Phi) is 5.02. The SMILES string of the molecule is O=C(NC(Cc1ccccc1)c1nc2ccccc2[nH]1)c1cnn(-c2ccccc2)c1. The summed E-state index contributed by atoms with van der Waals surface area (Å²) in [5.41, 5.74) is 4.34. The Labute approximate surface area is 179 Å². The Morgan fingerprint density at radius 2 is 1.65 bits per heavy atom. The molecular weight excluding hydrogens is 386 g/mol. The summed E-state index contributed by atoms with van der Waals surface area (Å²) in [6.07, 6.45) is 3.95. The minimum absolute atomic E-state index is 0.191. The molecule has 3 aromatic carbocycles. The highest BCUT2D eigenvalue weighted by Crippen LogP contribution is 2.20. The first-order valence-corrected chi connectivity index (χ1v) is 10.2. The van der Waals surface area contributed by atoms with E-state index in [2.05, 4.69) is 27.5 Å². The number of nitrogens with zero attached hydrogens (tertiary/aromatic N) is 3. The van der Waals surface area contributed by atoms with Gasteiger partial charge < -0.3 is 10.3 Å². The van der Waals surface area contributed by atoms with Crippen LogP contribution >= 0.6 is 0 Å². The number of benzene rings is 3. The molecule has 2 aromatic heterocycles. The molecule has 1 unspecified atom stereocenters. The predicted octanol–water partition coefficient (Wildman–Crippen LogP) is 4.46. The number of carbonyl (C=O) groups excluding carboxylic acids is 1. The van der Waals surface area contributed by atoms with Crippen molar-refractivity contribution < 1.29 is 4.79 Å². The van der Waals surface area contributed by atoms with Crippen molar-refractivity contribution in [1.29, 1.82) is 0 Å². The van der Waals surface area contributed by atoms with Gasteiger partial charge >= 0.3 is 0 Å². The lowest BCUT2D eigenvalue weighted by Gasteiger charge is -2.16. The van der Waals surface area contributed by atoms with E-state index in [4.69, 9.17) is 4.98 Å². The minimum Gasteiger partial charge on any atom is -0.342 e. The third kappa shape index (κ3) is 4.09. The normalized spacial score (nSPS) is 12.0. The van der Waals surface area contributed by atoms with Crippen LogP contribution < -0.4 is 5.32 Å². The molecular formula is C25H21N5O. The van der Waals surface area contributed by atoms with Gasteiger partial charge in [0.1, 0.15) is 5.82 Å². The Hall–Kier alpha value is -4.19. The van der Waals surface area contributed by atoms with Gasteiger partial charge in [0.25, 0.3) is 5.91 Å². The zero-order chi connectivity index (χ0) is 21.0. The van der Waals surface area contributed by atoms with Gasteiger partial charge in [-0.2, -0.15) is 5.10 Å². The number of imidazole rings is 1. The molecule has 1 amide bonds. The van der Waals surface area contributed by atoms with Gasteiger partial charge in [-0.15, -0.1) is 0 Å². The van der Waals surface area contributed by atoms with Crippen molar-refractivity contribution >= 4 is 16.9 Å². The summed E-state index contributed by atoms with van der Waals surface area (Å²) in [5, 5.41) is 7.48. The summed E-state index contributed by atoms with van der Waals surface area (Å²) < 4.78 is 1.70. The van der Waals surface area contributed by atoms with Crippen molar-refractivity contribution in [1.82, 2.24) is 25.1 Å². The number of nitrogens with one attached hydrogen (secondary N) is 2. The van der Waals surface area contributed by atoms with Gasteiger partial charge in [-0.25, -0.2) is 9.67 Å². The molecule has 6 nitrogen and oxygen atoms in total. The van der Waals surface area contributed by atoms with E-state index < -0.39 is 0 Å². The van der Waals surface area contributed by atoms with Crippen LogP contribution in [0.25, 0.3) is 16.7 Å². The Balaban J connectivity index is 1.42. The number of hydrogen-bond donors (Lipinski definition) is 2. The van der Waals surface area contributed by atoms with Crippen molar-refractivity contribution in [2.75, 3.05) is 0 Å². The van der Waals surface area contributed by atoms with Crippen molar-refractivity contribution in [2.45, 2.75) is 12.5 Å². The highest BCUT2D eigenvalue weighted by atomic mass is 16.1. The third-order valence-electron chi connectivity index (χ3n) is 5.19. The van der Waals surface area contributed by atoms with Crippen LogP contribution in [-0.4, -0.2) is 25.7 Å². The van der Waals surface area contributed by atoms with Crippen LogP contribution in [0.15, 0.2) is 97.3 Å². The van der Waals surface area contributed by atoms with Crippen molar-refractivity contribution in [3.8, 4) is 5.69 Å². The van der Waals surface area contributed by atoms with Crippen LogP contribution in [0.2, 0.25) is 0 Å². The van der Waals surface area contributed by atoms with Crippen LogP contribution in [0.1, 0.15) is 27.8 Å². The number of aromatic nitrogens is 4. The molecule has 5 aromatic rings. The molecule has 0 fully saturated rings. The summed E-state index contributed by atoms with van der Waals surface area (Å²) in [4.78, 5) is 21.1. The van der Waals surface area contributed by atoms with Crippen LogP contribution in [0.4, 0.5) is 0 Å². The molecule has 0 aliphatic heterocycles. The number of aromatic amines is 1. The molecule has 0 bridgehead atoms. The molecule has 31 heavy (non-hydrogen) atoms. The number of H-pyrrole nitrogens is 1. The van der Waals surface area contributed by atoms with E-state index in [1.165, 1.54) is 0 Å². The zero-order valence-electron chi connectivity index (χ0n) is 16.8.